The molecule has 12 nitrogen and oxygen atoms in total. The number of carbonyl (C=O) groups excluding carboxylic acids is 2. The number of hydrogen-bond donors (Lipinski definition) is 7. The van der Waals surface area contributed by atoms with Gasteiger partial charge in [0, 0.05) is 17.1 Å². The zero-order valence-corrected chi connectivity index (χ0v) is 21.8. The number of aromatic amines is 1. The summed E-state index contributed by atoms with van der Waals surface area (Å²) in [6.45, 7) is 0. The number of para-hydroxylation sites is 2. The average Bonchev–Trinajstić information content (AvgIpc) is 3.35. The van der Waals surface area contributed by atoms with Crippen LogP contribution < -0.4 is 20.6 Å². The Bertz CT molecular complexity index is 1740. The van der Waals surface area contributed by atoms with Gasteiger partial charge < -0.3 is 40.2 Å². The summed E-state index contributed by atoms with van der Waals surface area (Å²) in [6, 6.07) is 12.3. The Hall–Kier alpha value is -4.49. The molecule has 2 atom stereocenters. The predicted octanol–water partition coefficient (Wildman–Crippen LogP) is 1.42. The van der Waals surface area contributed by atoms with Crippen LogP contribution in [0.5, 0.6) is 5.75 Å². The highest BCUT2D eigenvalue weighted by molar-refractivity contribution is 7.60. The van der Waals surface area contributed by atoms with Crippen molar-refractivity contribution in [3.05, 3.63) is 94.9 Å². The Kier molecular flexibility index (Phi) is 7.41. The molecule has 7 N–H and O–H groups in total. The van der Waals surface area contributed by atoms with Gasteiger partial charge in [-0.1, -0.05) is 36.4 Å². The Balaban J connectivity index is 1.46. The molecule has 4 aromatic rings. The van der Waals surface area contributed by atoms with Gasteiger partial charge in [-0.15, -0.1) is 0 Å². The van der Waals surface area contributed by atoms with Crippen LogP contribution in [0.4, 0.5) is 4.39 Å². The summed E-state index contributed by atoms with van der Waals surface area (Å²) >= 11 is 0. The molecule has 3 aromatic carbocycles. The van der Waals surface area contributed by atoms with Crippen LogP contribution in [0.25, 0.3) is 10.9 Å². The second-order valence-electron chi connectivity index (χ2n) is 9.34. The summed E-state index contributed by atoms with van der Waals surface area (Å²) in [6.07, 6.45) is 1.40. The largest absolute Gasteiger partial charge is 0.547 e. The zero-order valence-electron chi connectivity index (χ0n) is 20.9. The van der Waals surface area contributed by atoms with Crippen molar-refractivity contribution in [2.45, 2.75) is 18.4 Å². The smallest absolute Gasteiger partial charge is 0.534 e. The Labute approximate surface area is 231 Å². The molecular weight excluding hydrogens is 559 g/mol. The van der Waals surface area contributed by atoms with E-state index >= 15 is 0 Å². The topological polar surface area (TPSA) is 198 Å². The minimum Gasteiger partial charge on any atom is -0.534 e. The van der Waals surface area contributed by atoms with E-state index in [0.717, 1.165) is 18.2 Å². The van der Waals surface area contributed by atoms with Gasteiger partial charge in [-0.25, -0.2) is 9.18 Å². The lowest BCUT2D eigenvalue weighted by molar-refractivity contribution is -0.123. The normalized spacial score (nSPS) is 15.5. The standard InChI is InChI=1S/C26H22BFN3O9P/c28-18-10-13(8-9-20(18)41(37,38)39)22(31-24(32)17-12-29-19-7-2-1-5-15(17)19)25(33)30-21-11-14-4-3-6-16(26(34)35)23(14)40-27(21)36/h1-10,12,21-22,29,36H,11H2,(H,30,33)(H,31,32)(H,34,35)(H2,37,38,39)/t21-,22+/m0/s1. The molecule has 5 rings (SSSR count). The van der Waals surface area contributed by atoms with E-state index in [9.17, 15) is 43.3 Å². The van der Waals surface area contributed by atoms with E-state index in [0.29, 0.717) is 16.5 Å². The van der Waals surface area contributed by atoms with Crippen LogP contribution >= 0.6 is 7.60 Å². The maximum atomic E-state index is 14.7. The lowest BCUT2D eigenvalue weighted by atomic mass is 9.72. The van der Waals surface area contributed by atoms with Gasteiger partial charge in [0.1, 0.15) is 17.6 Å². The Morgan fingerprint density at radius 1 is 1.07 bits per heavy atom. The molecule has 1 aliphatic heterocycles. The maximum Gasteiger partial charge on any atom is 0.547 e. The zero-order chi connectivity index (χ0) is 29.5. The fraction of sp³-hybridized carbons (Fsp3) is 0.115. The van der Waals surface area contributed by atoms with Crippen LogP contribution in [0.15, 0.2) is 66.9 Å². The van der Waals surface area contributed by atoms with E-state index in [1.807, 2.05) is 0 Å². The molecule has 0 aliphatic carbocycles. The summed E-state index contributed by atoms with van der Waals surface area (Å²) in [5, 5.41) is 24.7. The maximum absolute atomic E-state index is 14.7. The van der Waals surface area contributed by atoms with Gasteiger partial charge in [-0.2, -0.15) is 0 Å². The minimum absolute atomic E-state index is 0.0298. The lowest BCUT2D eigenvalue weighted by Gasteiger charge is -2.30. The highest BCUT2D eigenvalue weighted by atomic mass is 31.2. The Morgan fingerprint density at radius 3 is 2.54 bits per heavy atom. The number of hydrogen-bond acceptors (Lipinski definition) is 6. The molecule has 0 spiro atoms. The van der Waals surface area contributed by atoms with E-state index in [1.165, 1.54) is 18.3 Å². The molecule has 15 heteroatoms. The highest BCUT2D eigenvalue weighted by Crippen LogP contribution is 2.35. The van der Waals surface area contributed by atoms with Crippen molar-refractivity contribution in [1.82, 2.24) is 15.6 Å². The van der Waals surface area contributed by atoms with Crippen LogP contribution in [0.3, 0.4) is 0 Å². The summed E-state index contributed by atoms with van der Waals surface area (Å²) in [4.78, 5) is 60.1. The molecule has 0 fully saturated rings. The first-order valence-electron chi connectivity index (χ1n) is 12.2. The van der Waals surface area contributed by atoms with Crippen molar-refractivity contribution < 1.29 is 47.9 Å². The SMILES string of the molecule is O=C(O)c1cccc2c1OB(O)[C@@H](NC(=O)[C@H](NC(=O)c1c[nH]c3ccccc13)c1ccc(P(=O)(O)O)c(F)c1)C2. The van der Waals surface area contributed by atoms with E-state index in [2.05, 4.69) is 15.6 Å². The molecule has 0 saturated heterocycles. The van der Waals surface area contributed by atoms with Crippen LogP contribution in [-0.4, -0.2) is 55.7 Å². The first-order valence-corrected chi connectivity index (χ1v) is 13.8. The first-order chi connectivity index (χ1) is 19.4. The monoisotopic (exact) mass is 581 g/mol. The van der Waals surface area contributed by atoms with E-state index in [4.69, 9.17) is 4.65 Å². The summed E-state index contributed by atoms with van der Waals surface area (Å²) in [5.74, 6) is -5.29. The third-order valence-corrected chi connectivity index (χ3v) is 7.66. The third-order valence-electron chi connectivity index (χ3n) is 6.67. The molecular formula is C26H22BFN3O9P. The minimum atomic E-state index is -4.96. The summed E-state index contributed by atoms with van der Waals surface area (Å²) in [5.41, 5.74) is 0.928. The molecule has 2 heterocycles. The molecule has 2 amide bonds. The number of nitrogens with one attached hydrogen (secondary N) is 3. The van der Waals surface area contributed by atoms with Gasteiger partial charge in [0.25, 0.3) is 5.91 Å². The number of fused-ring (bicyclic) bond motifs is 2. The number of aromatic carboxylic acids is 1. The number of carbonyl (C=O) groups is 3. The lowest BCUT2D eigenvalue weighted by Crippen LogP contribution is -2.55. The molecule has 0 unspecified atom stereocenters. The number of H-pyrrole nitrogens is 1. The fourth-order valence-corrected chi connectivity index (χ4v) is 5.30. The molecule has 0 radical (unpaired) electrons. The van der Waals surface area contributed by atoms with Gasteiger partial charge in [0.15, 0.2) is 0 Å². The summed E-state index contributed by atoms with van der Waals surface area (Å²) < 4.78 is 31.7. The highest BCUT2D eigenvalue weighted by Gasteiger charge is 2.39. The molecule has 210 valence electrons. The van der Waals surface area contributed by atoms with Crippen molar-refractivity contribution in [1.29, 1.82) is 0 Å². The molecule has 1 aliphatic rings. The predicted molar refractivity (Wildman–Crippen MR) is 144 cm³/mol. The van der Waals surface area contributed by atoms with Crippen molar-refractivity contribution in [3.63, 3.8) is 0 Å². The molecule has 0 bridgehead atoms. The first kappa shape index (κ1) is 28.1. The number of benzene rings is 3. The second-order valence-corrected chi connectivity index (χ2v) is 10.9. The van der Waals surface area contributed by atoms with E-state index in [1.54, 1.807) is 30.3 Å². The quantitative estimate of drug-likeness (QED) is 0.125. The second kappa shape index (κ2) is 10.8. The van der Waals surface area contributed by atoms with Crippen LogP contribution in [0.1, 0.15) is 37.9 Å². The third kappa shape index (κ3) is 5.58. The number of carboxylic acids is 1. The van der Waals surface area contributed by atoms with Crippen molar-refractivity contribution in [2.75, 3.05) is 0 Å². The number of aromatic nitrogens is 1. The molecule has 1 aromatic heterocycles. The average molecular weight is 581 g/mol. The fourth-order valence-electron chi connectivity index (χ4n) is 4.69. The molecule has 41 heavy (non-hydrogen) atoms. The van der Waals surface area contributed by atoms with E-state index in [-0.39, 0.29) is 28.9 Å². The van der Waals surface area contributed by atoms with Gasteiger partial charge >= 0.3 is 20.7 Å². The number of carboxylic acid groups (broad SMARTS) is 1. The van der Waals surface area contributed by atoms with Gasteiger partial charge in [-0.05, 0) is 41.8 Å². The number of rotatable bonds is 7. The van der Waals surface area contributed by atoms with Gasteiger partial charge in [0.05, 0.1) is 22.4 Å². The van der Waals surface area contributed by atoms with E-state index < -0.39 is 55.6 Å². The van der Waals surface area contributed by atoms with Crippen LogP contribution in [0, 0.1) is 5.82 Å². The van der Waals surface area contributed by atoms with Crippen molar-refractivity contribution in [2.24, 2.45) is 0 Å². The van der Waals surface area contributed by atoms with Crippen LogP contribution in [0.2, 0.25) is 0 Å². The number of amides is 2. The van der Waals surface area contributed by atoms with Crippen molar-refractivity contribution >= 4 is 48.7 Å². The van der Waals surface area contributed by atoms with Gasteiger partial charge in [-0.3, -0.25) is 14.2 Å². The van der Waals surface area contributed by atoms with Crippen LogP contribution in [-0.2, 0) is 15.8 Å². The Morgan fingerprint density at radius 2 is 1.83 bits per heavy atom. The molecule has 0 saturated carbocycles. The van der Waals surface area contributed by atoms with Gasteiger partial charge in [0.2, 0.25) is 5.91 Å². The number of halogens is 1. The summed E-state index contributed by atoms with van der Waals surface area (Å²) in [7, 11) is -6.62. The van der Waals surface area contributed by atoms with Crippen molar-refractivity contribution in [3.8, 4) is 5.75 Å².